The smallest absolute Gasteiger partial charge is 0.342 e. The fourth-order valence-corrected chi connectivity index (χ4v) is 3.61. The van der Waals surface area contributed by atoms with Crippen LogP contribution in [0.4, 0.5) is 18.9 Å². The molecule has 0 bridgehead atoms. The van der Waals surface area contributed by atoms with Crippen LogP contribution in [0.2, 0.25) is 0 Å². The normalized spacial score (nSPS) is 11.6. The van der Waals surface area contributed by atoms with E-state index < -0.39 is 11.7 Å². The fraction of sp³-hybridized carbons (Fsp3) is 0.143. The Morgan fingerprint density at radius 3 is 2.68 bits per heavy atom. The number of halogens is 3. The van der Waals surface area contributed by atoms with Gasteiger partial charge in [-0.05, 0) is 29.8 Å². The predicted octanol–water partition coefficient (Wildman–Crippen LogP) is 4.64. The van der Waals surface area contributed by atoms with Gasteiger partial charge in [0.1, 0.15) is 17.3 Å². The standard InChI is InChI=1S/C21H15F3N4O2S/c22-21(23,24)13-3-1-2-12(6-13)7-15(29)9-19-27-16-5-4-14(8-17(16)28-19)26-20(30)18-10-31-11-25-18/h1-6,8,10-11H,7,9H2,(H,26,30)(H,27,28). The summed E-state index contributed by atoms with van der Waals surface area (Å²) in [5.74, 6) is -0.206. The van der Waals surface area contributed by atoms with Gasteiger partial charge in [0, 0.05) is 17.5 Å². The maximum absolute atomic E-state index is 12.8. The molecule has 0 aliphatic heterocycles. The first kappa shape index (κ1) is 20.7. The molecule has 2 aromatic heterocycles. The molecule has 158 valence electrons. The molecule has 0 fully saturated rings. The number of carbonyl (C=O) groups excluding carboxylic acids is 2. The Balaban J connectivity index is 1.44. The average molecular weight is 444 g/mol. The SMILES string of the molecule is O=C(Cc1cccc(C(F)(F)F)c1)Cc1nc2ccc(NC(=O)c3cscn3)cc2[nH]1. The van der Waals surface area contributed by atoms with Crippen molar-refractivity contribution < 1.29 is 22.8 Å². The summed E-state index contributed by atoms with van der Waals surface area (Å²) in [6.45, 7) is 0. The number of imidazole rings is 1. The summed E-state index contributed by atoms with van der Waals surface area (Å²) in [7, 11) is 0. The monoisotopic (exact) mass is 444 g/mol. The molecule has 2 heterocycles. The summed E-state index contributed by atoms with van der Waals surface area (Å²) in [6, 6.07) is 9.79. The second kappa shape index (κ2) is 8.31. The lowest BCUT2D eigenvalue weighted by atomic mass is 10.0. The molecule has 4 aromatic rings. The molecule has 1 amide bonds. The van der Waals surface area contributed by atoms with Gasteiger partial charge >= 0.3 is 6.18 Å². The molecule has 0 radical (unpaired) electrons. The summed E-state index contributed by atoms with van der Waals surface area (Å²) in [5, 5.41) is 4.37. The predicted molar refractivity (Wildman–Crippen MR) is 110 cm³/mol. The molecule has 0 spiro atoms. The first-order valence-electron chi connectivity index (χ1n) is 9.14. The Labute approximate surface area is 178 Å². The van der Waals surface area contributed by atoms with Crippen LogP contribution in [0, 0.1) is 0 Å². The summed E-state index contributed by atoms with van der Waals surface area (Å²) in [6.07, 6.45) is -4.63. The van der Waals surface area contributed by atoms with Crippen LogP contribution in [0.15, 0.2) is 53.4 Å². The molecule has 0 saturated carbocycles. The van der Waals surface area contributed by atoms with Crippen LogP contribution in [0.5, 0.6) is 0 Å². The Bertz CT molecular complexity index is 1250. The average Bonchev–Trinajstić information content (AvgIpc) is 3.36. The Morgan fingerprint density at radius 2 is 1.94 bits per heavy atom. The van der Waals surface area contributed by atoms with Gasteiger partial charge in [-0.1, -0.05) is 18.2 Å². The Morgan fingerprint density at radius 1 is 1.10 bits per heavy atom. The first-order chi connectivity index (χ1) is 14.8. The summed E-state index contributed by atoms with van der Waals surface area (Å²) in [4.78, 5) is 35.8. The zero-order valence-electron chi connectivity index (χ0n) is 15.9. The van der Waals surface area contributed by atoms with Gasteiger partial charge in [-0.25, -0.2) is 9.97 Å². The highest BCUT2D eigenvalue weighted by atomic mass is 32.1. The van der Waals surface area contributed by atoms with Crippen molar-refractivity contribution in [1.29, 1.82) is 0 Å². The topological polar surface area (TPSA) is 87.7 Å². The zero-order chi connectivity index (χ0) is 22.0. The van der Waals surface area contributed by atoms with Crippen molar-refractivity contribution in [2.45, 2.75) is 19.0 Å². The van der Waals surface area contributed by atoms with E-state index in [1.807, 2.05) is 0 Å². The van der Waals surface area contributed by atoms with E-state index >= 15 is 0 Å². The van der Waals surface area contributed by atoms with Crippen molar-refractivity contribution in [3.63, 3.8) is 0 Å². The molecule has 0 saturated heterocycles. The van der Waals surface area contributed by atoms with E-state index in [2.05, 4.69) is 20.3 Å². The molecular formula is C21H15F3N4O2S. The number of nitrogens with zero attached hydrogens (tertiary/aromatic N) is 2. The number of benzene rings is 2. The van der Waals surface area contributed by atoms with E-state index in [0.29, 0.717) is 33.8 Å². The lowest BCUT2D eigenvalue weighted by molar-refractivity contribution is -0.137. The van der Waals surface area contributed by atoms with Gasteiger partial charge in [-0.2, -0.15) is 13.2 Å². The molecule has 0 aliphatic carbocycles. The molecule has 31 heavy (non-hydrogen) atoms. The molecule has 0 aliphatic rings. The minimum absolute atomic E-state index is 0.0502. The number of ketones is 1. The van der Waals surface area contributed by atoms with Crippen LogP contribution in [0.3, 0.4) is 0 Å². The van der Waals surface area contributed by atoms with Crippen molar-refractivity contribution in [2.24, 2.45) is 0 Å². The number of alkyl halides is 3. The number of hydrogen-bond acceptors (Lipinski definition) is 5. The van der Waals surface area contributed by atoms with Crippen LogP contribution in [-0.2, 0) is 23.8 Å². The number of amides is 1. The molecule has 6 nitrogen and oxygen atoms in total. The van der Waals surface area contributed by atoms with E-state index in [1.165, 1.54) is 23.5 Å². The van der Waals surface area contributed by atoms with Crippen molar-refractivity contribution >= 4 is 39.7 Å². The van der Waals surface area contributed by atoms with Gasteiger partial charge in [0.2, 0.25) is 0 Å². The maximum atomic E-state index is 12.8. The minimum Gasteiger partial charge on any atom is -0.342 e. The van der Waals surface area contributed by atoms with E-state index in [0.717, 1.165) is 12.1 Å². The maximum Gasteiger partial charge on any atom is 0.416 e. The van der Waals surface area contributed by atoms with E-state index in [4.69, 9.17) is 0 Å². The summed E-state index contributed by atoms with van der Waals surface area (Å²) >= 11 is 1.32. The third kappa shape index (κ3) is 4.97. The number of aromatic nitrogens is 3. The number of rotatable bonds is 6. The highest BCUT2D eigenvalue weighted by Crippen LogP contribution is 2.29. The largest absolute Gasteiger partial charge is 0.416 e. The van der Waals surface area contributed by atoms with Crippen molar-refractivity contribution in [1.82, 2.24) is 15.0 Å². The van der Waals surface area contributed by atoms with E-state index in [1.54, 1.807) is 29.1 Å². The third-order valence-corrected chi connectivity index (χ3v) is 5.06. The van der Waals surface area contributed by atoms with Crippen LogP contribution in [0.1, 0.15) is 27.4 Å². The number of anilines is 1. The van der Waals surface area contributed by atoms with Crippen molar-refractivity contribution in [2.75, 3.05) is 5.32 Å². The molecule has 10 heteroatoms. The Kier molecular flexibility index (Phi) is 5.55. The molecule has 0 atom stereocenters. The van der Waals surface area contributed by atoms with Gasteiger partial charge in [0.25, 0.3) is 5.91 Å². The number of Topliss-reactive ketones (excluding diaryl/α,β-unsaturated/α-hetero) is 1. The van der Waals surface area contributed by atoms with Crippen LogP contribution in [-0.4, -0.2) is 26.6 Å². The van der Waals surface area contributed by atoms with E-state index in [-0.39, 0.29) is 24.5 Å². The molecule has 0 unspecified atom stereocenters. The highest BCUT2D eigenvalue weighted by molar-refractivity contribution is 7.07. The lowest BCUT2D eigenvalue weighted by Gasteiger charge is -2.08. The van der Waals surface area contributed by atoms with Gasteiger partial charge in [-0.15, -0.1) is 11.3 Å². The van der Waals surface area contributed by atoms with Gasteiger partial charge < -0.3 is 10.3 Å². The van der Waals surface area contributed by atoms with Crippen LogP contribution >= 0.6 is 11.3 Å². The van der Waals surface area contributed by atoms with E-state index in [9.17, 15) is 22.8 Å². The number of fused-ring (bicyclic) bond motifs is 1. The van der Waals surface area contributed by atoms with Crippen LogP contribution < -0.4 is 5.32 Å². The Hall–Kier alpha value is -3.53. The number of carbonyl (C=O) groups is 2. The van der Waals surface area contributed by atoms with Gasteiger partial charge in [0.15, 0.2) is 0 Å². The minimum atomic E-state index is -4.45. The van der Waals surface area contributed by atoms with Gasteiger partial charge in [0.05, 0.1) is 28.5 Å². The second-order valence-electron chi connectivity index (χ2n) is 6.83. The third-order valence-electron chi connectivity index (χ3n) is 4.47. The molecule has 4 rings (SSSR count). The molecule has 2 aromatic carbocycles. The fourth-order valence-electron chi connectivity index (χ4n) is 3.08. The molecular weight excluding hydrogens is 429 g/mol. The number of H-pyrrole nitrogens is 1. The van der Waals surface area contributed by atoms with Crippen molar-refractivity contribution in [3.05, 3.63) is 76.0 Å². The number of nitrogens with one attached hydrogen (secondary N) is 2. The quantitative estimate of drug-likeness (QED) is 0.453. The summed E-state index contributed by atoms with van der Waals surface area (Å²) in [5.41, 5.74) is 3.16. The first-order valence-corrected chi connectivity index (χ1v) is 10.1. The summed E-state index contributed by atoms with van der Waals surface area (Å²) < 4.78 is 38.5. The van der Waals surface area contributed by atoms with Crippen LogP contribution in [0.25, 0.3) is 11.0 Å². The molecule has 2 N–H and O–H groups in total. The highest BCUT2D eigenvalue weighted by Gasteiger charge is 2.30. The second-order valence-corrected chi connectivity index (χ2v) is 7.55. The number of aromatic amines is 1. The number of thiazole rings is 1. The zero-order valence-corrected chi connectivity index (χ0v) is 16.7. The number of hydrogen-bond donors (Lipinski definition) is 2. The van der Waals surface area contributed by atoms with Gasteiger partial charge in [-0.3, -0.25) is 9.59 Å². The van der Waals surface area contributed by atoms with Crippen molar-refractivity contribution in [3.8, 4) is 0 Å². The lowest BCUT2D eigenvalue weighted by Crippen LogP contribution is -2.11.